The second-order valence-electron chi connectivity index (χ2n) is 7.27. The molecule has 0 saturated carbocycles. The number of hydrogen-bond donors (Lipinski definition) is 2. The molecule has 2 amide bonds. The maximum atomic E-state index is 12.8. The van der Waals surface area contributed by atoms with Gasteiger partial charge in [-0.2, -0.15) is 0 Å². The lowest BCUT2D eigenvalue weighted by Gasteiger charge is -2.31. The lowest BCUT2D eigenvalue weighted by atomic mass is 9.89. The summed E-state index contributed by atoms with van der Waals surface area (Å²) in [6, 6.07) is 9.52. The van der Waals surface area contributed by atoms with Gasteiger partial charge in [-0.3, -0.25) is 9.59 Å². The monoisotopic (exact) mass is 370 g/mol. The van der Waals surface area contributed by atoms with Crippen LogP contribution in [0, 0.1) is 25.7 Å². The predicted octanol–water partition coefficient (Wildman–Crippen LogP) is 2.11. The number of hydrogen-bond acceptors (Lipinski definition) is 5. The van der Waals surface area contributed by atoms with Crippen molar-refractivity contribution in [1.82, 2.24) is 15.4 Å². The molecule has 7 nitrogen and oxygen atoms in total. The van der Waals surface area contributed by atoms with Gasteiger partial charge >= 0.3 is 0 Å². The Morgan fingerprint density at radius 3 is 2.59 bits per heavy atom. The van der Waals surface area contributed by atoms with E-state index in [-0.39, 0.29) is 23.7 Å². The van der Waals surface area contributed by atoms with Crippen molar-refractivity contribution in [3.05, 3.63) is 47.3 Å². The third kappa shape index (κ3) is 4.95. The zero-order chi connectivity index (χ0) is 19.4. The van der Waals surface area contributed by atoms with E-state index in [0.29, 0.717) is 31.8 Å². The van der Waals surface area contributed by atoms with Gasteiger partial charge in [0.2, 0.25) is 11.8 Å². The van der Waals surface area contributed by atoms with Crippen molar-refractivity contribution in [2.75, 3.05) is 25.5 Å². The zero-order valence-corrected chi connectivity index (χ0v) is 16.0. The van der Waals surface area contributed by atoms with E-state index < -0.39 is 0 Å². The quantitative estimate of drug-likeness (QED) is 0.842. The van der Waals surface area contributed by atoms with Gasteiger partial charge in [0.05, 0.1) is 24.1 Å². The Morgan fingerprint density at radius 1 is 1.22 bits per heavy atom. The second kappa shape index (κ2) is 8.35. The van der Waals surface area contributed by atoms with Crippen molar-refractivity contribution in [1.29, 1.82) is 0 Å². The molecule has 1 fully saturated rings. The molecule has 1 aliphatic rings. The zero-order valence-electron chi connectivity index (χ0n) is 16.0. The smallest absolute Gasteiger partial charge is 0.228 e. The van der Waals surface area contributed by atoms with E-state index >= 15 is 0 Å². The van der Waals surface area contributed by atoms with Gasteiger partial charge in [0.15, 0.2) is 5.76 Å². The summed E-state index contributed by atoms with van der Waals surface area (Å²) in [5.41, 5.74) is 2.71. The predicted molar refractivity (Wildman–Crippen MR) is 102 cm³/mol. The fraction of sp³-hybridized carbons (Fsp3) is 0.450. The molecule has 2 N–H and O–H groups in total. The first-order chi connectivity index (χ1) is 12.9. The first-order valence-corrected chi connectivity index (χ1v) is 9.18. The number of aryl methyl sites for hydroxylation is 2. The van der Waals surface area contributed by atoms with E-state index in [0.717, 1.165) is 16.9 Å². The van der Waals surface area contributed by atoms with Crippen molar-refractivity contribution in [2.45, 2.75) is 26.8 Å². The van der Waals surface area contributed by atoms with Crippen LogP contribution in [0.15, 0.2) is 34.9 Å². The summed E-state index contributed by atoms with van der Waals surface area (Å²) in [5, 5.41) is 10.0. The minimum atomic E-state index is -0.241. The number of rotatable bonds is 5. The molecular formula is C20H26N4O3. The Morgan fingerprint density at radius 2 is 1.93 bits per heavy atom. The molecule has 0 radical (unpaired) electrons. The first-order valence-electron chi connectivity index (χ1n) is 9.18. The molecule has 0 bridgehead atoms. The van der Waals surface area contributed by atoms with Crippen LogP contribution in [0.25, 0.3) is 0 Å². The molecule has 144 valence electrons. The van der Waals surface area contributed by atoms with Crippen LogP contribution in [0.5, 0.6) is 0 Å². The first kappa shape index (κ1) is 19.1. The van der Waals surface area contributed by atoms with Crippen LogP contribution in [-0.4, -0.2) is 42.0 Å². The molecule has 0 spiro atoms. The molecule has 3 rings (SSSR count). The van der Waals surface area contributed by atoms with Gasteiger partial charge in [-0.15, -0.1) is 0 Å². The number of carbonyl (C=O) groups excluding carboxylic acids is 2. The highest BCUT2D eigenvalue weighted by Gasteiger charge is 2.32. The van der Waals surface area contributed by atoms with Gasteiger partial charge in [0, 0.05) is 31.9 Å². The Balaban J connectivity index is 1.56. The Bertz CT molecular complexity index is 800. The number of aromatic nitrogens is 1. The summed E-state index contributed by atoms with van der Waals surface area (Å²) in [4.78, 5) is 27.0. The van der Waals surface area contributed by atoms with Crippen LogP contribution < -0.4 is 10.6 Å². The Labute approximate surface area is 159 Å². The van der Waals surface area contributed by atoms with Gasteiger partial charge in [-0.25, -0.2) is 0 Å². The van der Waals surface area contributed by atoms with Crippen LogP contribution >= 0.6 is 0 Å². The minimum Gasteiger partial charge on any atom is -0.359 e. The van der Waals surface area contributed by atoms with Crippen LogP contribution in [0.1, 0.15) is 23.4 Å². The molecule has 0 aliphatic carbocycles. The summed E-state index contributed by atoms with van der Waals surface area (Å²) in [7, 11) is 1.75. The van der Waals surface area contributed by atoms with Crippen molar-refractivity contribution in [2.24, 2.45) is 11.8 Å². The number of nitrogens with zero attached hydrogens (tertiary/aromatic N) is 2. The van der Waals surface area contributed by atoms with E-state index in [2.05, 4.69) is 15.8 Å². The number of benzene rings is 1. The number of carbonyl (C=O) groups is 2. The summed E-state index contributed by atoms with van der Waals surface area (Å²) in [6.07, 6.45) is 0.531. The molecule has 27 heavy (non-hydrogen) atoms. The Kier molecular flexibility index (Phi) is 5.91. The molecule has 1 aliphatic heterocycles. The molecule has 2 heterocycles. The maximum absolute atomic E-state index is 12.8. The van der Waals surface area contributed by atoms with Crippen LogP contribution in [0.2, 0.25) is 0 Å². The average molecular weight is 370 g/mol. The Hall–Kier alpha value is -2.67. The van der Waals surface area contributed by atoms with E-state index in [4.69, 9.17) is 4.52 Å². The number of piperidine rings is 1. The standard InChI is InChI=1S/C20H26N4O3/c1-13-4-6-17(7-5-13)22-19(25)15-9-16(11-21-10-15)20(26)24(3)12-18-8-14(2)23-27-18/h4-8,15-16,21H,9-12H2,1-3H3,(H,22,25)/t15-,16+/m0/s1. The van der Waals surface area contributed by atoms with E-state index in [1.165, 1.54) is 0 Å². The molecule has 1 aromatic heterocycles. The highest BCUT2D eigenvalue weighted by molar-refractivity contribution is 5.93. The second-order valence-corrected chi connectivity index (χ2v) is 7.27. The molecular weight excluding hydrogens is 344 g/mol. The molecule has 1 saturated heterocycles. The van der Waals surface area contributed by atoms with Crippen molar-refractivity contribution in [3.63, 3.8) is 0 Å². The normalized spacial score (nSPS) is 19.5. The third-order valence-electron chi connectivity index (χ3n) is 4.84. The maximum Gasteiger partial charge on any atom is 0.228 e. The van der Waals surface area contributed by atoms with Gasteiger partial charge < -0.3 is 20.1 Å². The van der Waals surface area contributed by atoms with Crippen LogP contribution in [0.4, 0.5) is 5.69 Å². The van der Waals surface area contributed by atoms with Crippen molar-refractivity contribution < 1.29 is 14.1 Å². The molecule has 1 aromatic carbocycles. The van der Waals surface area contributed by atoms with Gasteiger partial charge in [-0.05, 0) is 32.4 Å². The lowest BCUT2D eigenvalue weighted by Crippen LogP contribution is -2.47. The summed E-state index contributed by atoms with van der Waals surface area (Å²) >= 11 is 0. The summed E-state index contributed by atoms with van der Waals surface area (Å²) < 4.78 is 5.18. The largest absolute Gasteiger partial charge is 0.359 e. The van der Waals surface area contributed by atoms with Gasteiger partial charge in [0.25, 0.3) is 0 Å². The van der Waals surface area contributed by atoms with Gasteiger partial charge in [0.1, 0.15) is 0 Å². The SMILES string of the molecule is Cc1ccc(NC(=O)[C@@H]2CNC[C@H](C(=O)N(C)Cc3cc(C)no3)C2)cc1. The van der Waals surface area contributed by atoms with E-state index in [1.807, 2.05) is 44.2 Å². The fourth-order valence-electron chi connectivity index (χ4n) is 3.33. The fourth-order valence-corrected chi connectivity index (χ4v) is 3.33. The van der Waals surface area contributed by atoms with Gasteiger partial charge in [-0.1, -0.05) is 22.9 Å². The van der Waals surface area contributed by atoms with Crippen LogP contribution in [0.3, 0.4) is 0 Å². The molecule has 7 heteroatoms. The molecule has 2 aromatic rings. The lowest BCUT2D eigenvalue weighted by molar-refractivity contribution is -0.136. The van der Waals surface area contributed by atoms with Crippen molar-refractivity contribution >= 4 is 17.5 Å². The van der Waals surface area contributed by atoms with E-state index in [9.17, 15) is 9.59 Å². The van der Waals surface area contributed by atoms with Crippen molar-refractivity contribution in [3.8, 4) is 0 Å². The number of nitrogens with one attached hydrogen (secondary N) is 2. The number of amides is 2. The molecule has 0 unspecified atom stereocenters. The number of anilines is 1. The average Bonchev–Trinajstić information content (AvgIpc) is 3.07. The highest BCUT2D eigenvalue weighted by atomic mass is 16.5. The minimum absolute atomic E-state index is 0.00406. The molecule has 2 atom stereocenters. The topological polar surface area (TPSA) is 87.5 Å². The highest BCUT2D eigenvalue weighted by Crippen LogP contribution is 2.21. The van der Waals surface area contributed by atoms with E-state index in [1.54, 1.807) is 11.9 Å². The third-order valence-corrected chi connectivity index (χ3v) is 4.84. The summed E-state index contributed by atoms with van der Waals surface area (Å²) in [6.45, 7) is 5.37. The van der Waals surface area contributed by atoms with Crippen LogP contribution in [-0.2, 0) is 16.1 Å². The summed E-state index contributed by atoms with van der Waals surface area (Å²) in [5.74, 6) is 0.124.